The van der Waals surface area contributed by atoms with Gasteiger partial charge in [-0.2, -0.15) is 0 Å². The molecular weight excluding hydrogens is 377 g/mol. The Hall–Kier alpha value is -2.54. The standard InChI is InChI=1S/C17H13BrFN3O2/c1-10-5-13(19)6-11(2)15(10)24-16-14(18)7-12(8-21-16)17(23)22-4-3-20-9-22/h3-9H,1-2H3. The van der Waals surface area contributed by atoms with Crippen LogP contribution in [0, 0.1) is 19.7 Å². The SMILES string of the molecule is Cc1cc(F)cc(C)c1Oc1ncc(C(=O)n2ccnc2)cc1Br. The molecule has 0 bridgehead atoms. The average molecular weight is 390 g/mol. The van der Waals surface area contributed by atoms with Gasteiger partial charge >= 0.3 is 0 Å². The Labute approximate surface area is 146 Å². The first kappa shape index (κ1) is 16.3. The topological polar surface area (TPSA) is 57.0 Å². The molecule has 0 amide bonds. The van der Waals surface area contributed by atoms with Gasteiger partial charge in [-0.15, -0.1) is 0 Å². The van der Waals surface area contributed by atoms with E-state index < -0.39 is 0 Å². The number of carbonyl (C=O) groups excluding carboxylic acids is 1. The molecule has 3 rings (SSSR count). The van der Waals surface area contributed by atoms with Gasteiger partial charge in [-0.3, -0.25) is 9.36 Å². The fourth-order valence-corrected chi connectivity index (χ4v) is 2.73. The molecule has 7 heteroatoms. The van der Waals surface area contributed by atoms with Crippen molar-refractivity contribution in [1.29, 1.82) is 0 Å². The van der Waals surface area contributed by atoms with Crippen LogP contribution in [0.1, 0.15) is 21.5 Å². The van der Waals surface area contributed by atoms with Crippen molar-refractivity contribution in [2.75, 3.05) is 0 Å². The number of benzene rings is 1. The molecule has 0 radical (unpaired) electrons. The molecule has 0 saturated heterocycles. The molecule has 2 heterocycles. The van der Waals surface area contributed by atoms with Crippen LogP contribution >= 0.6 is 15.9 Å². The predicted octanol–water partition coefficient (Wildman–Crippen LogP) is 4.28. The van der Waals surface area contributed by atoms with Crippen LogP contribution in [-0.2, 0) is 0 Å². The molecular formula is C17H13BrFN3O2. The molecule has 5 nitrogen and oxygen atoms in total. The molecule has 0 aliphatic heterocycles. The first-order valence-corrected chi connectivity index (χ1v) is 7.88. The van der Waals surface area contributed by atoms with Crippen molar-refractivity contribution in [3.8, 4) is 11.6 Å². The van der Waals surface area contributed by atoms with Crippen LogP contribution in [-0.4, -0.2) is 20.4 Å². The van der Waals surface area contributed by atoms with Crippen molar-refractivity contribution >= 4 is 21.8 Å². The van der Waals surface area contributed by atoms with Gasteiger partial charge in [-0.1, -0.05) is 0 Å². The number of hydrogen-bond donors (Lipinski definition) is 0. The van der Waals surface area contributed by atoms with Crippen molar-refractivity contribution in [2.45, 2.75) is 13.8 Å². The molecule has 3 aromatic rings. The van der Waals surface area contributed by atoms with E-state index in [4.69, 9.17) is 4.74 Å². The van der Waals surface area contributed by atoms with Crippen LogP contribution in [0.25, 0.3) is 0 Å². The van der Waals surface area contributed by atoms with Crippen molar-refractivity contribution < 1.29 is 13.9 Å². The van der Waals surface area contributed by atoms with Gasteiger partial charge in [0.1, 0.15) is 17.9 Å². The number of imidazole rings is 1. The quantitative estimate of drug-likeness (QED) is 0.670. The number of rotatable bonds is 3. The van der Waals surface area contributed by atoms with Crippen LogP contribution in [0.15, 0.2) is 47.6 Å². The predicted molar refractivity (Wildman–Crippen MR) is 89.8 cm³/mol. The second kappa shape index (κ2) is 6.52. The van der Waals surface area contributed by atoms with Crippen LogP contribution in [0.2, 0.25) is 0 Å². The molecule has 2 aromatic heterocycles. The molecule has 0 saturated carbocycles. The lowest BCUT2D eigenvalue weighted by atomic mass is 10.1. The molecule has 0 unspecified atom stereocenters. The van der Waals surface area contributed by atoms with Crippen LogP contribution in [0.5, 0.6) is 11.6 Å². The first-order chi connectivity index (χ1) is 11.5. The van der Waals surface area contributed by atoms with E-state index in [2.05, 4.69) is 25.9 Å². The Kier molecular flexibility index (Phi) is 4.44. The molecule has 24 heavy (non-hydrogen) atoms. The summed E-state index contributed by atoms with van der Waals surface area (Å²) in [6, 6.07) is 4.42. The Morgan fingerprint density at radius 1 is 1.25 bits per heavy atom. The van der Waals surface area contributed by atoms with Gasteiger partial charge < -0.3 is 4.74 Å². The molecule has 0 spiro atoms. The van der Waals surface area contributed by atoms with Gasteiger partial charge in [-0.05, 0) is 59.1 Å². The fraction of sp³-hybridized carbons (Fsp3) is 0.118. The monoisotopic (exact) mass is 389 g/mol. The zero-order chi connectivity index (χ0) is 17.3. The van der Waals surface area contributed by atoms with Gasteiger partial charge in [0, 0.05) is 18.6 Å². The highest BCUT2D eigenvalue weighted by Crippen LogP contribution is 2.32. The highest BCUT2D eigenvalue weighted by atomic mass is 79.9. The van der Waals surface area contributed by atoms with E-state index in [1.807, 2.05) is 0 Å². The van der Waals surface area contributed by atoms with Crippen LogP contribution in [0.3, 0.4) is 0 Å². The largest absolute Gasteiger partial charge is 0.437 e. The minimum atomic E-state index is -0.314. The third kappa shape index (κ3) is 3.21. The third-order valence-corrected chi connectivity index (χ3v) is 3.99. The number of halogens is 2. The Bertz CT molecular complexity index is 887. The zero-order valence-electron chi connectivity index (χ0n) is 13.0. The highest BCUT2D eigenvalue weighted by molar-refractivity contribution is 9.10. The first-order valence-electron chi connectivity index (χ1n) is 7.08. The summed E-state index contributed by atoms with van der Waals surface area (Å²) in [6.45, 7) is 3.52. The lowest BCUT2D eigenvalue weighted by molar-refractivity contribution is 0.0959. The molecule has 0 aliphatic carbocycles. The second-order valence-corrected chi connectivity index (χ2v) is 6.11. The summed E-state index contributed by atoms with van der Waals surface area (Å²) in [5.74, 6) is 0.278. The number of pyridine rings is 1. The summed E-state index contributed by atoms with van der Waals surface area (Å²) in [5.41, 5.74) is 1.72. The molecule has 1 aromatic carbocycles. The fourth-order valence-electron chi connectivity index (χ4n) is 2.30. The van der Waals surface area contributed by atoms with E-state index in [9.17, 15) is 9.18 Å². The lowest BCUT2D eigenvalue weighted by Gasteiger charge is -2.12. The average Bonchev–Trinajstić information content (AvgIpc) is 3.05. The van der Waals surface area contributed by atoms with Gasteiger partial charge in [0.25, 0.3) is 5.91 Å². The third-order valence-electron chi connectivity index (χ3n) is 3.42. The molecule has 0 aliphatic rings. The van der Waals surface area contributed by atoms with E-state index >= 15 is 0 Å². The van der Waals surface area contributed by atoms with E-state index in [1.165, 1.54) is 35.4 Å². The molecule has 0 fully saturated rings. The van der Waals surface area contributed by atoms with E-state index in [-0.39, 0.29) is 11.7 Å². The molecule has 0 atom stereocenters. The summed E-state index contributed by atoms with van der Waals surface area (Å²) in [4.78, 5) is 20.3. The summed E-state index contributed by atoms with van der Waals surface area (Å²) < 4.78 is 21.1. The highest BCUT2D eigenvalue weighted by Gasteiger charge is 2.14. The Morgan fingerprint density at radius 2 is 1.96 bits per heavy atom. The zero-order valence-corrected chi connectivity index (χ0v) is 14.5. The Balaban J connectivity index is 1.90. The maximum absolute atomic E-state index is 13.4. The smallest absolute Gasteiger partial charge is 0.264 e. The van der Waals surface area contributed by atoms with Gasteiger partial charge in [0.15, 0.2) is 0 Å². The molecule has 0 N–H and O–H groups in total. The van der Waals surface area contributed by atoms with Gasteiger partial charge in [-0.25, -0.2) is 14.4 Å². The number of carbonyl (C=O) groups is 1. The van der Waals surface area contributed by atoms with E-state index in [0.717, 1.165) is 0 Å². The van der Waals surface area contributed by atoms with Gasteiger partial charge in [0.05, 0.1) is 10.0 Å². The second-order valence-electron chi connectivity index (χ2n) is 5.26. The summed E-state index contributed by atoms with van der Waals surface area (Å²) in [7, 11) is 0. The maximum Gasteiger partial charge on any atom is 0.264 e. The van der Waals surface area contributed by atoms with Gasteiger partial charge in [0.2, 0.25) is 5.88 Å². The van der Waals surface area contributed by atoms with E-state index in [0.29, 0.717) is 32.8 Å². The van der Waals surface area contributed by atoms with Crippen LogP contribution < -0.4 is 4.74 Å². The number of nitrogens with zero attached hydrogens (tertiary/aromatic N) is 3. The van der Waals surface area contributed by atoms with E-state index in [1.54, 1.807) is 26.1 Å². The number of ether oxygens (including phenoxy) is 1. The summed E-state index contributed by atoms with van der Waals surface area (Å²) in [6.07, 6.45) is 5.94. The normalized spacial score (nSPS) is 10.7. The lowest BCUT2D eigenvalue weighted by Crippen LogP contribution is -2.10. The number of hydrogen-bond acceptors (Lipinski definition) is 4. The number of aryl methyl sites for hydroxylation is 2. The maximum atomic E-state index is 13.4. The minimum Gasteiger partial charge on any atom is -0.437 e. The Morgan fingerprint density at radius 3 is 2.54 bits per heavy atom. The summed E-state index contributed by atoms with van der Waals surface area (Å²) >= 11 is 3.36. The van der Waals surface area contributed by atoms with Crippen molar-refractivity contribution in [3.63, 3.8) is 0 Å². The summed E-state index contributed by atoms with van der Waals surface area (Å²) in [5, 5.41) is 0. The molecule has 122 valence electrons. The van der Waals surface area contributed by atoms with Crippen molar-refractivity contribution in [1.82, 2.24) is 14.5 Å². The van der Waals surface area contributed by atoms with Crippen LogP contribution in [0.4, 0.5) is 4.39 Å². The minimum absolute atomic E-state index is 0.249. The number of aromatic nitrogens is 3. The van der Waals surface area contributed by atoms with Crippen molar-refractivity contribution in [3.05, 3.63) is 70.1 Å². The van der Waals surface area contributed by atoms with Crippen molar-refractivity contribution in [2.24, 2.45) is 0 Å².